The summed E-state index contributed by atoms with van der Waals surface area (Å²) >= 11 is 0. The molecule has 0 amide bonds. The maximum Gasteiger partial charge on any atom is 0.248 e. The Morgan fingerprint density at radius 3 is 1.76 bits per heavy atom. The van der Waals surface area contributed by atoms with Gasteiger partial charge in [0.2, 0.25) is 5.60 Å². The summed E-state index contributed by atoms with van der Waals surface area (Å²) < 4.78 is 16.7. The van der Waals surface area contributed by atoms with E-state index in [0.29, 0.717) is 0 Å². The third-order valence-electron chi connectivity index (χ3n) is 7.14. The normalized spacial score (nSPS) is 31.7. The molecule has 0 aromatic carbocycles. The van der Waals surface area contributed by atoms with E-state index in [9.17, 15) is 0 Å². The van der Waals surface area contributed by atoms with Crippen molar-refractivity contribution in [3.63, 3.8) is 0 Å². The lowest BCUT2D eigenvalue weighted by atomic mass is 9.70. The smallest absolute Gasteiger partial charge is 0.248 e. The third kappa shape index (κ3) is 6.33. The summed E-state index contributed by atoms with van der Waals surface area (Å²) in [5.74, 6) is 3.04. The molecule has 2 aliphatic carbocycles. The first-order chi connectivity index (χ1) is 12.2. The van der Waals surface area contributed by atoms with Crippen LogP contribution in [0.25, 0.3) is 0 Å². The molecule has 2 saturated carbocycles. The first-order valence-electron chi connectivity index (χ1n) is 10.8. The Labute approximate surface area is 158 Å². The molecule has 0 atom stereocenters. The van der Waals surface area contributed by atoms with E-state index in [4.69, 9.17) is 14.2 Å². The van der Waals surface area contributed by atoms with Crippen molar-refractivity contribution in [3.05, 3.63) is 0 Å². The minimum absolute atomic E-state index is 0.566. The Bertz CT molecular complexity index is 335. The number of rotatable bonds is 10. The van der Waals surface area contributed by atoms with Crippen molar-refractivity contribution >= 4 is 9.52 Å². The summed E-state index contributed by atoms with van der Waals surface area (Å²) in [4.78, 5) is 0. The first-order valence-corrected chi connectivity index (χ1v) is 12.3. The SMILES string of the molecule is CCCCCC1CCC([C@H]2CC[C@H]([SiH2]C(OC)(OC)OC)CC2)CC1. The lowest BCUT2D eigenvalue weighted by Gasteiger charge is -2.39. The summed E-state index contributed by atoms with van der Waals surface area (Å²) in [6, 6.07) is 0. The van der Waals surface area contributed by atoms with Crippen LogP contribution in [0.5, 0.6) is 0 Å². The Morgan fingerprint density at radius 2 is 1.28 bits per heavy atom. The molecule has 0 saturated heterocycles. The van der Waals surface area contributed by atoms with Gasteiger partial charge in [-0.1, -0.05) is 71.1 Å². The van der Waals surface area contributed by atoms with Crippen LogP contribution in [0, 0.1) is 17.8 Å². The van der Waals surface area contributed by atoms with E-state index in [1.54, 1.807) is 21.3 Å². The van der Waals surface area contributed by atoms with Crippen molar-refractivity contribution in [2.45, 2.75) is 95.1 Å². The van der Waals surface area contributed by atoms with Crippen LogP contribution in [0.15, 0.2) is 0 Å². The van der Waals surface area contributed by atoms with E-state index in [1.165, 1.54) is 77.0 Å². The van der Waals surface area contributed by atoms with Crippen molar-refractivity contribution in [1.29, 1.82) is 0 Å². The molecule has 0 radical (unpaired) electrons. The van der Waals surface area contributed by atoms with Gasteiger partial charge in [-0.3, -0.25) is 0 Å². The predicted octanol–water partition coefficient (Wildman–Crippen LogP) is 5.07. The van der Waals surface area contributed by atoms with Gasteiger partial charge in [-0.15, -0.1) is 0 Å². The molecule has 3 nitrogen and oxygen atoms in total. The molecule has 4 heteroatoms. The van der Waals surface area contributed by atoms with Gasteiger partial charge in [0.1, 0.15) is 9.52 Å². The fraction of sp³-hybridized carbons (Fsp3) is 1.00. The van der Waals surface area contributed by atoms with E-state index in [0.717, 1.165) is 23.3 Å². The van der Waals surface area contributed by atoms with E-state index in [1.807, 2.05) is 0 Å². The average molecular weight is 371 g/mol. The Kier molecular flexibility index (Phi) is 9.46. The maximum atomic E-state index is 5.55. The Balaban J connectivity index is 1.69. The Hall–Kier alpha value is 0.0969. The van der Waals surface area contributed by atoms with Crippen LogP contribution < -0.4 is 0 Å². The Morgan fingerprint density at radius 1 is 0.760 bits per heavy atom. The van der Waals surface area contributed by atoms with Crippen molar-refractivity contribution in [3.8, 4) is 0 Å². The largest absolute Gasteiger partial charge is 0.335 e. The second-order valence-corrected chi connectivity index (χ2v) is 11.0. The highest BCUT2D eigenvalue weighted by molar-refractivity contribution is 6.40. The zero-order valence-electron chi connectivity index (χ0n) is 17.2. The fourth-order valence-electron chi connectivity index (χ4n) is 5.35. The van der Waals surface area contributed by atoms with Crippen LogP contribution in [0.2, 0.25) is 5.54 Å². The molecule has 148 valence electrons. The van der Waals surface area contributed by atoms with E-state index in [-0.39, 0.29) is 0 Å². The number of ether oxygens (including phenoxy) is 3. The standard InChI is InChI=1S/C21H42O3Si/c1-5-6-7-8-17-9-11-18(12-10-17)19-13-15-20(16-14-19)25-21(22-2,23-3)24-4/h17-20H,5-16,25H2,1-4H3/t17?,18?,19-,20-. The van der Waals surface area contributed by atoms with Gasteiger partial charge in [-0.25, -0.2) is 0 Å². The van der Waals surface area contributed by atoms with E-state index < -0.39 is 15.1 Å². The molecule has 0 unspecified atom stereocenters. The van der Waals surface area contributed by atoms with Crippen LogP contribution >= 0.6 is 0 Å². The van der Waals surface area contributed by atoms with Crippen molar-refractivity contribution in [1.82, 2.24) is 0 Å². The predicted molar refractivity (Wildman–Crippen MR) is 108 cm³/mol. The molecule has 25 heavy (non-hydrogen) atoms. The minimum Gasteiger partial charge on any atom is -0.335 e. The van der Waals surface area contributed by atoms with Crippen LogP contribution in [-0.2, 0) is 14.2 Å². The monoisotopic (exact) mass is 370 g/mol. The topological polar surface area (TPSA) is 27.7 Å². The molecule has 2 fully saturated rings. The van der Waals surface area contributed by atoms with Gasteiger partial charge in [0.25, 0.3) is 0 Å². The highest BCUT2D eigenvalue weighted by Crippen LogP contribution is 2.44. The van der Waals surface area contributed by atoms with E-state index >= 15 is 0 Å². The quantitative estimate of drug-likeness (QED) is 0.305. The first kappa shape index (κ1) is 21.4. The van der Waals surface area contributed by atoms with Gasteiger partial charge in [-0.2, -0.15) is 0 Å². The number of methoxy groups -OCH3 is 3. The number of hydrogen-bond acceptors (Lipinski definition) is 3. The summed E-state index contributed by atoms with van der Waals surface area (Å²) in [5.41, 5.74) is 0.107. The molecule has 0 aromatic rings. The van der Waals surface area contributed by atoms with Gasteiger partial charge in [-0.05, 0) is 36.1 Å². The fourth-order valence-corrected chi connectivity index (χ4v) is 7.44. The highest BCUT2D eigenvalue weighted by atomic mass is 28.2. The van der Waals surface area contributed by atoms with Crippen molar-refractivity contribution in [2.24, 2.45) is 17.8 Å². The highest BCUT2D eigenvalue weighted by Gasteiger charge is 2.37. The summed E-state index contributed by atoms with van der Waals surface area (Å²) in [6.45, 7) is 2.31. The lowest BCUT2D eigenvalue weighted by molar-refractivity contribution is -0.295. The molecular formula is C21H42O3Si. The molecule has 0 heterocycles. The average Bonchev–Trinajstić information content (AvgIpc) is 2.68. The number of hydrogen-bond donors (Lipinski definition) is 0. The second kappa shape index (κ2) is 11.1. The summed E-state index contributed by atoms with van der Waals surface area (Å²) in [5, 5.41) is 0. The molecule has 0 spiro atoms. The van der Waals surface area contributed by atoms with Crippen LogP contribution in [0.4, 0.5) is 0 Å². The van der Waals surface area contributed by atoms with Gasteiger partial charge < -0.3 is 14.2 Å². The maximum absolute atomic E-state index is 5.55. The van der Waals surface area contributed by atoms with Crippen LogP contribution in [0.1, 0.15) is 84.0 Å². The zero-order chi connectivity index (χ0) is 18.1. The van der Waals surface area contributed by atoms with Gasteiger partial charge >= 0.3 is 0 Å². The molecule has 2 aliphatic rings. The van der Waals surface area contributed by atoms with Gasteiger partial charge in [0, 0.05) is 21.3 Å². The molecule has 2 rings (SSSR count). The lowest BCUT2D eigenvalue weighted by Crippen LogP contribution is -2.45. The molecule has 0 bridgehead atoms. The van der Waals surface area contributed by atoms with Gasteiger partial charge in [0.05, 0.1) is 0 Å². The van der Waals surface area contributed by atoms with Crippen LogP contribution in [0.3, 0.4) is 0 Å². The minimum atomic E-state index is -0.700. The van der Waals surface area contributed by atoms with Gasteiger partial charge in [0.15, 0.2) is 0 Å². The molecule has 0 aromatic heterocycles. The molecule has 0 aliphatic heterocycles. The van der Waals surface area contributed by atoms with Crippen molar-refractivity contribution < 1.29 is 14.2 Å². The third-order valence-corrected chi connectivity index (χ3v) is 9.90. The van der Waals surface area contributed by atoms with Crippen molar-refractivity contribution in [2.75, 3.05) is 21.3 Å². The molecule has 0 N–H and O–H groups in total. The molecular weight excluding hydrogens is 328 g/mol. The second-order valence-electron chi connectivity index (χ2n) is 8.56. The summed E-state index contributed by atoms with van der Waals surface area (Å²) in [6.07, 6.45) is 17.3. The van der Waals surface area contributed by atoms with E-state index in [2.05, 4.69) is 6.92 Å². The number of unbranched alkanes of at least 4 members (excludes halogenated alkanes) is 2. The zero-order valence-corrected chi connectivity index (χ0v) is 18.6. The van der Waals surface area contributed by atoms with Crippen LogP contribution in [-0.4, -0.2) is 36.4 Å². The summed E-state index contributed by atoms with van der Waals surface area (Å²) in [7, 11) is 4.57.